The van der Waals surface area contributed by atoms with Gasteiger partial charge >= 0.3 is 0 Å². The van der Waals surface area contributed by atoms with Crippen LogP contribution in [0, 0.1) is 0 Å². The number of hydrogen-bond acceptors (Lipinski definition) is 1. The maximum absolute atomic E-state index is 3.88. The van der Waals surface area contributed by atoms with Crippen molar-refractivity contribution in [3.05, 3.63) is 61.0 Å². The molecular formula is C12H15N. The monoisotopic (exact) mass is 173 g/mol. The third-order valence-electron chi connectivity index (χ3n) is 1.77. The molecule has 13 heavy (non-hydrogen) atoms. The van der Waals surface area contributed by atoms with E-state index in [-0.39, 0.29) is 0 Å². The van der Waals surface area contributed by atoms with Crippen molar-refractivity contribution >= 4 is 0 Å². The molecule has 0 atom stereocenters. The average Bonchev–Trinajstić information content (AvgIpc) is 2.16. The molecule has 1 nitrogen and oxygen atoms in total. The lowest BCUT2D eigenvalue weighted by Crippen LogP contribution is -2.11. The Balaban J connectivity index is 2.43. The SMILES string of the molecule is C=C/C=C\C(=C)NC1=CC=CCC1. The molecule has 1 aliphatic carbocycles. The van der Waals surface area contributed by atoms with E-state index in [0.717, 1.165) is 18.5 Å². The molecule has 68 valence electrons. The largest absolute Gasteiger partial charge is 0.359 e. The summed E-state index contributed by atoms with van der Waals surface area (Å²) in [6, 6.07) is 0. The number of rotatable bonds is 4. The van der Waals surface area contributed by atoms with Gasteiger partial charge in [-0.3, -0.25) is 0 Å². The van der Waals surface area contributed by atoms with E-state index < -0.39 is 0 Å². The van der Waals surface area contributed by atoms with Crippen LogP contribution in [0.2, 0.25) is 0 Å². The lowest BCUT2D eigenvalue weighted by molar-refractivity contribution is 0.852. The first-order valence-electron chi connectivity index (χ1n) is 4.43. The first-order chi connectivity index (χ1) is 6.33. The van der Waals surface area contributed by atoms with E-state index in [9.17, 15) is 0 Å². The van der Waals surface area contributed by atoms with Crippen molar-refractivity contribution in [1.29, 1.82) is 0 Å². The Morgan fingerprint density at radius 3 is 3.00 bits per heavy atom. The normalized spacial score (nSPS) is 15.5. The van der Waals surface area contributed by atoms with Gasteiger partial charge in [0.1, 0.15) is 0 Å². The summed E-state index contributed by atoms with van der Waals surface area (Å²) < 4.78 is 0. The molecule has 1 aliphatic rings. The summed E-state index contributed by atoms with van der Waals surface area (Å²) in [5.41, 5.74) is 2.13. The summed E-state index contributed by atoms with van der Waals surface area (Å²) in [4.78, 5) is 0. The molecule has 0 bridgehead atoms. The zero-order valence-electron chi connectivity index (χ0n) is 7.79. The number of allylic oxidation sites excluding steroid dienone is 7. The standard InChI is InChI=1S/C12H15N/c1-3-4-8-11(2)13-12-9-6-5-7-10-12/h3-6,8-9,13H,1-2,7,10H2/b8-4-. The van der Waals surface area contributed by atoms with E-state index in [4.69, 9.17) is 0 Å². The van der Waals surface area contributed by atoms with Crippen LogP contribution in [-0.2, 0) is 0 Å². The van der Waals surface area contributed by atoms with Crippen LogP contribution in [0.15, 0.2) is 61.0 Å². The highest BCUT2D eigenvalue weighted by Gasteiger charge is 1.97. The van der Waals surface area contributed by atoms with E-state index >= 15 is 0 Å². The maximum Gasteiger partial charge on any atom is 0.0308 e. The van der Waals surface area contributed by atoms with E-state index in [1.54, 1.807) is 6.08 Å². The lowest BCUT2D eigenvalue weighted by atomic mass is 10.1. The van der Waals surface area contributed by atoms with Crippen LogP contribution in [0.1, 0.15) is 12.8 Å². The van der Waals surface area contributed by atoms with Crippen LogP contribution in [0.25, 0.3) is 0 Å². The van der Waals surface area contributed by atoms with E-state index in [1.807, 2.05) is 12.2 Å². The van der Waals surface area contributed by atoms with Crippen LogP contribution >= 0.6 is 0 Å². The molecule has 0 aromatic rings. The third kappa shape index (κ3) is 3.61. The molecule has 0 aromatic carbocycles. The van der Waals surface area contributed by atoms with Gasteiger partial charge in [0, 0.05) is 11.4 Å². The highest BCUT2D eigenvalue weighted by atomic mass is 14.9. The van der Waals surface area contributed by atoms with Crippen LogP contribution in [-0.4, -0.2) is 0 Å². The molecule has 0 aliphatic heterocycles. The topological polar surface area (TPSA) is 12.0 Å². The van der Waals surface area contributed by atoms with Crippen molar-refractivity contribution in [2.45, 2.75) is 12.8 Å². The Kier molecular flexibility index (Phi) is 3.83. The van der Waals surface area contributed by atoms with Gasteiger partial charge in [-0.2, -0.15) is 0 Å². The minimum atomic E-state index is 0.904. The summed E-state index contributed by atoms with van der Waals surface area (Å²) in [5.74, 6) is 0. The van der Waals surface area contributed by atoms with Gasteiger partial charge in [0.05, 0.1) is 0 Å². The van der Waals surface area contributed by atoms with Crippen molar-refractivity contribution < 1.29 is 0 Å². The molecule has 1 rings (SSSR count). The summed E-state index contributed by atoms with van der Waals surface area (Å²) in [5, 5.41) is 3.23. The van der Waals surface area contributed by atoms with E-state index in [0.29, 0.717) is 0 Å². The third-order valence-corrected chi connectivity index (χ3v) is 1.77. The second-order valence-electron chi connectivity index (χ2n) is 2.90. The fraction of sp³-hybridized carbons (Fsp3) is 0.167. The molecule has 1 heteroatoms. The van der Waals surface area contributed by atoms with E-state index in [1.165, 1.54) is 5.70 Å². The molecule has 0 radical (unpaired) electrons. The molecule has 0 saturated carbocycles. The minimum Gasteiger partial charge on any atom is -0.359 e. The smallest absolute Gasteiger partial charge is 0.0308 e. The van der Waals surface area contributed by atoms with Gasteiger partial charge < -0.3 is 5.32 Å². The predicted octanol–water partition coefficient (Wildman–Crippen LogP) is 3.07. The van der Waals surface area contributed by atoms with Gasteiger partial charge in [0.15, 0.2) is 0 Å². The van der Waals surface area contributed by atoms with Gasteiger partial charge in [-0.1, -0.05) is 37.5 Å². The van der Waals surface area contributed by atoms with Crippen molar-refractivity contribution in [3.8, 4) is 0 Å². The second kappa shape index (κ2) is 5.20. The maximum atomic E-state index is 3.88. The Bertz CT molecular complexity index is 279. The Hall–Kier alpha value is -1.50. The first-order valence-corrected chi connectivity index (χ1v) is 4.43. The van der Waals surface area contributed by atoms with Gasteiger partial charge in [-0.25, -0.2) is 0 Å². The van der Waals surface area contributed by atoms with Gasteiger partial charge in [-0.15, -0.1) is 0 Å². The quantitative estimate of drug-likeness (QED) is 0.644. The molecule has 0 saturated heterocycles. The second-order valence-corrected chi connectivity index (χ2v) is 2.90. The van der Waals surface area contributed by atoms with Crippen LogP contribution in [0.4, 0.5) is 0 Å². The van der Waals surface area contributed by atoms with Crippen molar-refractivity contribution in [2.24, 2.45) is 0 Å². The van der Waals surface area contributed by atoms with Gasteiger partial charge in [0.25, 0.3) is 0 Å². The molecule has 0 unspecified atom stereocenters. The van der Waals surface area contributed by atoms with Crippen LogP contribution in [0.5, 0.6) is 0 Å². The highest BCUT2D eigenvalue weighted by Crippen LogP contribution is 2.09. The minimum absolute atomic E-state index is 0.904. The zero-order chi connectivity index (χ0) is 9.52. The molecule has 0 fully saturated rings. The molecule has 0 amide bonds. The van der Waals surface area contributed by atoms with Crippen LogP contribution in [0.3, 0.4) is 0 Å². The number of nitrogens with one attached hydrogen (secondary N) is 1. The lowest BCUT2D eigenvalue weighted by Gasteiger charge is -2.11. The zero-order valence-corrected chi connectivity index (χ0v) is 7.79. The Labute approximate surface area is 79.8 Å². The Morgan fingerprint density at radius 2 is 2.38 bits per heavy atom. The number of hydrogen-bond donors (Lipinski definition) is 1. The molecule has 0 aromatic heterocycles. The predicted molar refractivity (Wildman–Crippen MR) is 58.1 cm³/mol. The van der Waals surface area contributed by atoms with Crippen molar-refractivity contribution in [1.82, 2.24) is 5.32 Å². The molecule has 0 spiro atoms. The fourth-order valence-electron chi connectivity index (χ4n) is 1.14. The molecular weight excluding hydrogens is 158 g/mol. The summed E-state index contributed by atoms with van der Waals surface area (Å²) in [6.07, 6.45) is 14.0. The first kappa shape index (κ1) is 9.59. The summed E-state index contributed by atoms with van der Waals surface area (Å²) in [6.45, 7) is 7.47. The molecule has 0 heterocycles. The van der Waals surface area contributed by atoms with E-state index in [2.05, 4.69) is 36.7 Å². The average molecular weight is 173 g/mol. The Morgan fingerprint density at radius 1 is 1.54 bits per heavy atom. The summed E-state index contributed by atoms with van der Waals surface area (Å²) >= 11 is 0. The highest BCUT2D eigenvalue weighted by molar-refractivity contribution is 5.25. The van der Waals surface area contributed by atoms with Crippen molar-refractivity contribution in [3.63, 3.8) is 0 Å². The van der Waals surface area contributed by atoms with Gasteiger partial charge in [0.2, 0.25) is 0 Å². The fourth-order valence-corrected chi connectivity index (χ4v) is 1.14. The molecule has 1 N–H and O–H groups in total. The van der Waals surface area contributed by atoms with Crippen LogP contribution < -0.4 is 5.32 Å². The van der Waals surface area contributed by atoms with Gasteiger partial charge in [-0.05, 0) is 25.0 Å². The summed E-state index contributed by atoms with van der Waals surface area (Å²) in [7, 11) is 0. The van der Waals surface area contributed by atoms with Crippen molar-refractivity contribution in [2.75, 3.05) is 0 Å².